The molecule has 1 fully saturated rings. The maximum absolute atomic E-state index is 14.1. The summed E-state index contributed by atoms with van der Waals surface area (Å²) in [7, 11) is 1.67. The monoisotopic (exact) mass is 586 g/mol. The second-order valence-corrected chi connectivity index (χ2v) is 11.4. The van der Waals surface area contributed by atoms with Crippen LogP contribution >= 0.6 is 11.6 Å². The molecule has 2 aliphatic heterocycles. The number of halogens is 1. The van der Waals surface area contributed by atoms with Crippen LogP contribution in [0.4, 0.5) is 5.82 Å². The molecule has 0 spiro atoms. The van der Waals surface area contributed by atoms with Crippen molar-refractivity contribution in [3.05, 3.63) is 86.4 Å². The van der Waals surface area contributed by atoms with Gasteiger partial charge in [0.15, 0.2) is 5.75 Å². The van der Waals surface area contributed by atoms with Crippen LogP contribution in [0.2, 0.25) is 5.02 Å². The molecule has 1 amide bonds. The molecular formula is C31H31ClN6O4. The van der Waals surface area contributed by atoms with E-state index in [1.54, 1.807) is 47.1 Å². The Kier molecular flexibility index (Phi) is 6.89. The van der Waals surface area contributed by atoms with Gasteiger partial charge in [0.2, 0.25) is 5.91 Å². The van der Waals surface area contributed by atoms with Gasteiger partial charge in [-0.3, -0.25) is 19.1 Å². The lowest BCUT2D eigenvalue weighted by atomic mass is 10.0. The van der Waals surface area contributed by atoms with E-state index in [9.17, 15) is 14.4 Å². The third-order valence-electron chi connectivity index (χ3n) is 8.06. The number of anilines is 1. The molecule has 2 aliphatic rings. The van der Waals surface area contributed by atoms with Crippen molar-refractivity contribution in [1.82, 2.24) is 24.0 Å². The summed E-state index contributed by atoms with van der Waals surface area (Å²) in [5.74, 6) is 0.630. The molecule has 1 aromatic carbocycles. The van der Waals surface area contributed by atoms with Crippen LogP contribution in [0, 0.1) is 6.92 Å². The molecule has 0 aliphatic carbocycles. The number of nitrogens with zero attached hydrogens (tertiary/aromatic N) is 6. The quantitative estimate of drug-likeness (QED) is 0.335. The predicted octanol–water partition coefficient (Wildman–Crippen LogP) is 3.83. The number of amides is 1. The van der Waals surface area contributed by atoms with E-state index in [1.165, 1.54) is 10.6 Å². The van der Waals surface area contributed by atoms with Gasteiger partial charge >= 0.3 is 5.69 Å². The van der Waals surface area contributed by atoms with Crippen molar-refractivity contribution in [1.29, 1.82) is 0 Å². The largest absolute Gasteiger partial charge is 0.489 e. The number of hydrogen-bond acceptors (Lipinski definition) is 7. The van der Waals surface area contributed by atoms with Crippen LogP contribution in [0.3, 0.4) is 0 Å². The topological polar surface area (TPSA) is 103 Å². The number of carbonyl (C=O) groups is 1. The van der Waals surface area contributed by atoms with Crippen molar-refractivity contribution in [2.75, 3.05) is 31.1 Å². The molecule has 0 bridgehead atoms. The minimum atomic E-state index is -0.485. The van der Waals surface area contributed by atoms with E-state index in [0.29, 0.717) is 58.9 Å². The third-order valence-corrected chi connectivity index (χ3v) is 8.43. The van der Waals surface area contributed by atoms with Crippen molar-refractivity contribution >= 4 is 34.2 Å². The fourth-order valence-corrected chi connectivity index (χ4v) is 6.25. The van der Waals surface area contributed by atoms with Crippen molar-refractivity contribution < 1.29 is 9.53 Å². The highest BCUT2D eigenvalue weighted by Gasteiger charge is 2.37. The number of carbonyl (C=O) groups excluding carboxylic acids is 1. The average molecular weight is 587 g/mol. The van der Waals surface area contributed by atoms with Crippen LogP contribution < -0.4 is 20.9 Å². The molecule has 3 aromatic heterocycles. The minimum Gasteiger partial charge on any atom is -0.489 e. The third kappa shape index (κ3) is 4.28. The van der Waals surface area contributed by atoms with E-state index >= 15 is 0 Å². The molecule has 0 saturated carbocycles. The van der Waals surface area contributed by atoms with Crippen LogP contribution in [0.15, 0.2) is 58.9 Å². The normalized spacial score (nSPS) is 16.3. The summed E-state index contributed by atoms with van der Waals surface area (Å²) in [4.78, 5) is 52.8. The van der Waals surface area contributed by atoms with E-state index in [2.05, 4.69) is 16.5 Å². The van der Waals surface area contributed by atoms with Crippen LogP contribution in [0.1, 0.15) is 31.0 Å². The zero-order chi connectivity index (χ0) is 29.9. The fourth-order valence-electron chi connectivity index (χ4n) is 5.94. The van der Waals surface area contributed by atoms with Gasteiger partial charge in [0, 0.05) is 50.2 Å². The lowest BCUT2D eigenvalue weighted by molar-refractivity contribution is -0.126. The van der Waals surface area contributed by atoms with Gasteiger partial charge in [-0.25, -0.2) is 4.79 Å². The van der Waals surface area contributed by atoms with E-state index in [4.69, 9.17) is 16.3 Å². The van der Waals surface area contributed by atoms with Crippen LogP contribution in [0.5, 0.6) is 5.75 Å². The Morgan fingerprint density at radius 1 is 1.21 bits per heavy atom. The first-order chi connectivity index (χ1) is 20.1. The molecule has 42 heavy (non-hydrogen) atoms. The molecular weight excluding hydrogens is 556 g/mol. The highest BCUT2D eigenvalue weighted by atomic mass is 35.5. The maximum atomic E-state index is 14.1. The molecule has 5 heterocycles. The van der Waals surface area contributed by atoms with Gasteiger partial charge in [0.1, 0.15) is 12.4 Å². The molecule has 0 unspecified atom stereocenters. The first-order valence-electron chi connectivity index (χ1n) is 13.8. The summed E-state index contributed by atoms with van der Waals surface area (Å²) in [6.45, 7) is 11.0. The molecule has 0 radical (unpaired) electrons. The summed E-state index contributed by atoms with van der Waals surface area (Å²) in [6.07, 6.45) is 4.70. The van der Waals surface area contributed by atoms with Crippen molar-refractivity contribution in [3.8, 4) is 22.6 Å². The van der Waals surface area contributed by atoms with Crippen molar-refractivity contribution in [2.24, 2.45) is 7.05 Å². The number of fused-ring (bicyclic) bond motifs is 2. The second-order valence-electron chi connectivity index (χ2n) is 11.0. The second kappa shape index (κ2) is 10.4. The summed E-state index contributed by atoms with van der Waals surface area (Å²) in [6, 6.07) is 6.84. The lowest BCUT2D eigenvalue weighted by Crippen LogP contribution is -2.56. The highest BCUT2D eigenvalue weighted by Crippen LogP contribution is 2.46. The van der Waals surface area contributed by atoms with Gasteiger partial charge in [-0.2, -0.15) is 4.98 Å². The Labute approximate surface area is 247 Å². The van der Waals surface area contributed by atoms with Crippen molar-refractivity contribution in [2.45, 2.75) is 32.7 Å². The van der Waals surface area contributed by atoms with Gasteiger partial charge in [0.05, 0.1) is 33.3 Å². The Morgan fingerprint density at radius 2 is 2.00 bits per heavy atom. The zero-order valence-corrected chi connectivity index (χ0v) is 24.7. The van der Waals surface area contributed by atoms with Gasteiger partial charge < -0.3 is 19.1 Å². The Hall–Kier alpha value is -4.44. The number of benzene rings is 1. The molecule has 1 saturated heterocycles. The number of ether oxygens (including phenoxy) is 1. The molecule has 0 N–H and O–H groups in total. The number of piperazine rings is 1. The molecule has 216 valence electrons. The first-order valence-corrected chi connectivity index (χ1v) is 14.2. The predicted molar refractivity (Wildman–Crippen MR) is 163 cm³/mol. The smallest absolute Gasteiger partial charge is 0.354 e. The average Bonchev–Trinajstić information content (AvgIpc) is 3.13. The zero-order valence-electron chi connectivity index (χ0n) is 23.9. The van der Waals surface area contributed by atoms with E-state index in [1.807, 2.05) is 31.7 Å². The van der Waals surface area contributed by atoms with Gasteiger partial charge in [-0.15, -0.1) is 0 Å². The SMILES string of the molecule is C=CC(=O)N1CCN2c3nc(=O)n(-c4c(C)ccnc4C(C)C)c4cc(-c5cccn(C)c5=O)c(Cl)c(c34)OC[C@@H]2C1. The van der Waals surface area contributed by atoms with Crippen LogP contribution in [-0.2, 0) is 11.8 Å². The van der Waals surface area contributed by atoms with Gasteiger partial charge in [-0.05, 0) is 48.7 Å². The standard InChI is InChI=1S/C31H31ClN6O4/c1-6-23(39)36-12-13-37-19(15-36)16-42-28-24-22(14-21(25(28)32)20-8-7-11-35(5)30(20)40)38(31(41)34-29(24)37)27-18(4)9-10-33-26(27)17(2)3/h6-11,14,17,19H,1,12-13,15-16H2,2-5H3/t19-/m0/s1. The summed E-state index contributed by atoms with van der Waals surface area (Å²) >= 11 is 7.08. The first kappa shape index (κ1) is 27.7. The number of rotatable bonds is 4. The maximum Gasteiger partial charge on any atom is 0.354 e. The Bertz CT molecular complexity index is 1900. The highest BCUT2D eigenvalue weighted by molar-refractivity contribution is 6.36. The van der Waals surface area contributed by atoms with Crippen LogP contribution in [-0.4, -0.2) is 62.2 Å². The van der Waals surface area contributed by atoms with E-state index in [-0.39, 0.29) is 35.1 Å². The van der Waals surface area contributed by atoms with Gasteiger partial charge in [0.25, 0.3) is 5.56 Å². The molecule has 4 aromatic rings. The van der Waals surface area contributed by atoms with Gasteiger partial charge in [-0.1, -0.05) is 32.0 Å². The molecule has 1 atom stereocenters. The number of aromatic nitrogens is 4. The number of pyridine rings is 2. The number of aryl methyl sites for hydroxylation is 2. The molecule has 10 nitrogen and oxygen atoms in total. The molecule has 11 heteroatoms. The van der Waals surface area contributed by atoms with Crippen molar-refractivity contribution in [3.63, 3.8) is 0 Å². The Balaban J connectivity index is 1.71. The summed E-state index contributed by atoms with van der Waals surface area (Å²) in [5.41, 5.74) is 2.84. The van der Waals surface area contributed by atoms with Crippen LogP contribution in [0.25, 0.3) is 27.7 Å². The minimum absolute atomic E-state index is 0.0148. The molecule has 6 rings (SSSR count). The number of hydrogen-bond donors (Lipinski definition) is 0. The Morgan fingerprint density at radius 3 is 2.74 bits per heavy atom. The lowest BCUT2D eigenvalue weighted by Gasteiger charge is -2.40. The van der Waals surface area contributed by atoms with E-state index in [0.717, 1.165) is 11.3 Å². The summed E-state index contributed by atoms with van der Waals surface area (Å²) in [5, 5.41) is 0.824. The fraction of sp³-hybridized carbons (Fsp3) is 0.323. The summed E-state index contributed by atoms with van der Waals surface area (Å²) < 4.78 is 9.48. The van der Waals surface area contributed by atoms with E-state index < -0.39 is 5.69 Å².